The molecule has 0 aliphatic rings. The number of rotatable bonds is 6. The molecule has 0 saturated heterocycles. The third-order valence-electron chi connectivity index (χ3n) is 2.24. The molecule has 0 radical (unpaired) electrons. The molecule has 0 aromatic heterocycles. The molecule has 1 aromatic carbocycles. The number of anilines is 2. The van der Waals surface area contributed by atoms with Crippen molar-refractivity contribution in [3.05, 3.63) is 24.3 Å². The molecule has 0 fully saturated rings. The van der Waals surface area contributed by atoms with Gasteiger partial charge in [0.15, 0.2) is 5.78 Å². The van der Waals surface area contributed by atoms with Crippen molar-refractivity contribution in [1.29, 1.82) is 0 Å². The van der Waals surface area contributed by atoms with Gasteiger partial charge in [-0.3, -0.25) is 4.79 Å². The summed E-state index contributed by atoms with van der Waals surface area (Å²) in [5.74, 6) is 0.213. The van der Waals surface area contributed by atoms with Crippen LogP contribution < -0.4 is 11.1 Å². The van der Waals surface area contributed by atoms with Gasteiger partial charge in [-0.05, 0) is 38.4 Å². The first-order chi connectivity index (χ1) is 7.58. The fourth-order valence-corrected chi connectivity index (χ4v) is 1.24. The van der Waals surface area contributed by atoms with Gasteiger partial charge in [-0.15, -0.1) is 0 Å². The van der Waals surface area contributed by atoms with Crippen LogP contribution in [0.15, 0.2) is 24.3 Å². The minimum atomic E-state index is 0.213. The maximum atomic E-state index is 11.5. The second kappa shape index (κ2) is 6.12. The van der Waals surface area contributed by atoms with E-state index in [4.69, 9.17) is 5.73 Å². The summed E-state index contributed by atoms with van der Waals surface area (Å²) in [6.07, 6.45) is 0.578. The van der Waals surface area contributed by atoms with E-state index >= 15 is 0 Å². The zero-order valence-electron chi connectivity index (χ0n) is 9.86. The minimum Gasteiger partial charge on any atom is -0.399 e. The van der Waals surface area contributed by atoms with Crippen LogP contribution in [0.25, 0.3) is 0 Å². The lowest BCUT2D eigenvalue weighted by Crippen LogP contribution is -2.21. The van der Waals surface area contributed by atoms with Gasteiger partial charge in [-0.1, -0.05) is 0 Å². The number of nitrogens with one attached hydrogen (secondary N) is 1. The van der Waals surface area contributed by atoms with E-state index in [1.165, 1.54) is 0 Å². The van der Waals surface area contributed by atoms with Crippen molar-refractivity contribution in [3.8, 4) is 0 Å². The van der Waals surface area contributed by atoms with Crippen molar-refractivity contribution >= 4 is 17.2 Å². The molecule has 4 nitrogen and oxygen atoms in total. The van der Waals surface area contributed by atoms with Gasteiger partial charge in [0.25, 0.3) is 0 Å². The lowest BCUT2D eigenvalue weighted by molar-refractivity contribution is -0.117. The SMILES string of the molecule is CN(C)CCC(=O)CNc1ccc(N)cc1. The number of Topliss-reactive ketones (excluding diaryl/α,β-unsaturated/α-hetero) is 1. The summed E-state index contributed by atoms with van der Waals surface area (Å²) in [5.41, 5.74) is 7.21. The van der Waals surface area contributed by atoms with Gasteiger partial charge in [-0.2, -0.15) is 0 Å². The van der Waals surface area contributed by atoms with Crippen LogP contribution in [0.5, 0.6) is 0 Å². The van der Waals surface area contributed by atoms with Crippen molar-refractivity contribution in [2.75, 3.05) is 38.2 Å². The molecular formula is C12H19N3O. The van der Waals surface area contributed by atoms with E-state index in [0.717, 1.165) is 17.9 Å². The van der Waals surface area contributed by atoms with Crippen LogP contribution in [0.2, 0.25) is 0 Å². The smallest absolute Gasteiger partial charge is 0.153 e. The minimum absolute atomic E-state index is 0.213. The summed E-state index contributed by atoms with van der Waals surface area (Å²) in [5, 5.41) is 3.07. The van der Waals surface area contributed by atoms with Crippen LogP contribution in [0.3, 0.4) is 0 Å². The first kappa shape index (κ1) is 12.5. The molecule has 0 aliphatic heterocycles. The largest absolute Gasteiger partial charge is 0.399 e. The zero-order valence-corrected chi connectivity index (χ0v) is 9.86. The first-order valence-electron chi connectivity index (χ1n) is 5.34. The van der Waals surface area contributed by atoms with Gasteiger partial charge < -0.3 is 16.0 Å². The Balaban J connectivity index is 2.29. The molecule has 4 heteroatoms. The highest BCUT2D eigenvalue weighted by Crippen LogP contribution is 2.09. The van der Waals surface area contributed by atoms with Gasteiger partial charge in [0.05, 0.1) is 6.54 Å². The van der Waals surface area contributed by atoms with Crippen molar-refractivity contribution in [2.24, 2.45) is 0 Å². The lowest BCUT2D eigenvalue weighted by Gasteiger charge is -2.09. The number of carbonyl (C=O) groups is 1. The number of benzene rings is 1. The summed E-state index contributed by atoms with van der Waals surface area (Å²) in [6, 6.07) is 7.36. The highest BCUT2D eigenvalue weighted by atomic mass is 16.1. The van der Waals surface area contributed by atoms with Crippen LogP contribution in [0, 0.1) is 0 Å². The molecule has 88 valence electrons. The average molecular weight is 221 g/mol. The molecule has 0 saturated carbocycles. The van der Waals surface area contributed by atoms with Crippen LogP contribution in [-0.2, 0) is 4.79 Å². The Bertz CT molecular complexity index is 333. The molecule has 1 rings (SSSR count). The number of nitrogens with two attached hydrogens (primary N) is 1. The Hall–Kier alpha value is -1.55. The molecule has 0 atom stereocenters. The van der Waals surface area contributed by atoms with E-state index < -0.39 is 0 Å². The fourth-order valence-electron chi connectivity index (χ4n) is 1.24. The maximum Gasteiger partial charge on any atom is 0.153 e. The predicted molar refractivity (Wildman–Crippen MR) is 67.5 cm³/mol. The number of ketones is 1. The van der Waals surface area contributed by atoms with E-state index in [0.29, 0.717) is 13.0 Å². The quantitative estimate of drug-likeness (QED) is 0.709. The highest BCUT2D eigenvalue weighted by molar-refractivity contribution is 5.83. The summed E-state index contributed by atoms with van der Waals surface area (Å²) in [6.45, 7) is 1.17. The number of hydrogen-bond acceptors (Lipinski definition) is 4. The summed E-state index contributed by atoms with van der Waals surface area (Å²) >= 11 is 0. The molecule has 0 heterocycles. The molecule has 0 unspecified atom stereocenters. The number of nitrogen functional groups attached to an aromatic ring is 1. The van der Waals surface area contributed by atoms with Crippen LogP contribution in [-0.4, -0.2) is 37.9 Å². The Morgan fingerprint density at radius 3 is 2.50 bits per heavy atom. The average Bonchev–Trinajstić information content (AvgIpc) is 2.25. The third-order valence-corrected chi connectivity index (χ3v) is 2.24. The van der Waals surface area contributed by atoms with Crippen LogP contribution >= 0.6 is 0 Å². The van der Waals surface area contributed by atoms with Crippen molar-refractivity contribution in [1.82, 2.24) is 4.90 Å². The van der Waals surface area contributed by atoms with Crippen LogP contribution in [0.4, 0.5) is 11.4 Å². The Labute approximate surface area is 96.4 Å². The molecule has 0 amide bonds. The van der Waals surface area contributed by atoms with Crippen LogP contribution in [0.1, 0.15) is 6.42 Å². The van der Waals surface area contributed by atoms with E-state index in [2.05, 4.69) is 5.32 Å². The van der Waals surface area contributed by atoms with E-state index in [1.54, 1.807) is 0 Å². The van der Waals surface area contributed by atoms with Gasteiger partial charge in [0, 0.05) is 24.3 Å². The standard InChI is InChI=1S/C12H19N3O/c1-15(2)8-7-12(16)9-14-11-5-3-10(13)4-6-11/h3-6,14H,7-9,13H2,1-2H3. The lowest BCUT2D eigenvalue weighted by atomic mass is 10.2. The maximum absolute atomic E-state index is 11.5. The van der Waals surface area contributed by atoms with E-state index in [-0.39, 0.29) is 5.78 Å². The van der Waals surface area contributed by atoms with Crippen molar-refractivity contribution in [3.63, 3.8) is 0 Å². The first-order valence-corrected chi connectivity index (χ1v) is 5.34. The number of hydrogen-bond donors (Lipinski definition) is 2. The molecular weight excluding hydrogens is 202 g/mol. The van der Waals surface area contributed by atoms with Gasteiger partial charge in [-0.25, -0.2) is 0 Å². The van der Waals surface area contributed by atoms with Crippen molar-refractivity contribution < 1.29 is 4.79 Å². The molecule has 3 N–H and O–H groups in total. The monoisotopic (exact) mass is 221 g/mol. The topological polar surface area (TPSA) is 58.4 Å². The number of carbonyl (C=O) groups excluding carboxylic acids is 1. The molecule has 0 bridgehead atoms. The summed E-state index contributed by atoms with van der Waals surface area (Å²) in [7, 11) is 3.92. The molecule has 1 aromatic rings. The van der Waals surface area contributed by atoms with Gasteiger partial charge in [0.1, 0.15) is 0 Å². The highest BCUT2D eigenvalue weighted by Gasteiger charge is 2.02. The van der Waals surface area contributed by atoms with Gasteiger partial charge >= 0.3 is 0 Å². The predicted octanol–water partition coefficient (Wildman–Crippen LogP) is 1.20. The molecule has 16 heavy (non-hydrogen) atoms. The molecule has 0 aliphatic carbocycles. The molecule has 0 spiro atoms. The number of nitrogens with zero attached hydrogens (tertiary/aromatic N) is 1. The zero-order chi connectivity index (χ0) is 12.0. The second-order valence-corrected chi connectivity index (χ2v) is 4.07. The van der Waals surface area contributed by atoms with Gasteiger partial charge in [0.2, 0.25) is 0 Å². The van der Waals surface area contributed by atoms with E-state index in [9.17, 15) is 4.79 Å². The Morgan fingerprint density at radius 1 is 1.31 bits per heavy atom. The van der Waals surface area contributed by atoms with Crippen molar-refractivity contribution in [2.45, 2.75) is 6.42 Å². The normalized spacial score (nSPS) is 10.4. The Kier molecular flexibility index (Phi) is 4.79. The van der Waals surface area contributed by atoms with E-state index in [1.807, 2.05) is 43.3 Å². The third kappa shape index (κ3) is 4.79. The summed E-state index contributed by atoms with van der Waals surface area (Å²) in [4.78, 5) is 13.5. The summed E-state index contributed by atoms with van der Waals surface area (Å²) < 4.78 is 0. The Morgan fingerprint density at radius 2 is 1.94 bits per heavy atom. The fraction of sp³-hybridized carbons (Fsp3) is 0.417. The second-order valence-electron chi connectivity index (χ2n) is 4.07.